The van der Waals surface area contributed by atoms with Gasteiger partial charge in [0, 0.05) is 12.2 Å². The van der Waals surface area contributed by atoms with Gasteiger partial charge in [-0.25, -0.2) is 0 Å². The van der Waals surface area contributed by atoms with Gasteiger partial charge in [-0.3, -0.25) is 0 Å². The molecule has 0 radical (unpaired) electrons. The number of aromatic nitrogens is 3. The molecule has 21 heavy (non-hydrogen) atoms. The van der Waals surface area contributed by atoms with E-state index in [1.54, 1.807) is 18.9 Å². The molecule has 1 aliphatic rings. The summed E-state index contributed by atoms with van der Waals surface area (Å²) in [5.41, 5.74) is 2.16. The second-order valence-corrected chi connectivity index (χ2v) is 5.47. The number of benzene rings is 1. The van der Waals surface area contributed by atoms with Crippen molar-refractivity contribution in [2.45, 2.75) is 24.9 Å². The summed E-state index contributed by atoms with van der Waals surface area (Å²) in [6, 6.07) is 7.98. The van der Waals surface area contributed by atoms with Gasteiger partial charge in [0.2, 0.25) is 5.16 Å². The van der Waals surface area contributed by atoms with E-state index in [0.29, 0.717) is 0 Å². The standard InChI is InChI=1S/C14H16N4OS.BrH/c1-3-4-13-15-16-14-18(13)17-12(9-20-14)10-5-7-11(19-2)8-6-10;/h5-8H,3-4,9H2,1-2H3;1H. The van der Waals surface area contributed by atoms with Crippen molar-refractivity contribution in [3.05, 3.63) is 35.7 Å². The van der Waals surface area contributed by atoms with Crippen molar-refractivity contribution >= 4 is 34.5 Å². The molecule has 0 fully saturated rings. The summed E-state index contributed by atoms with van der Waals surface area (Å²) in [4.78, 5) is 0. The summed E-state index contributed by atoms with van der Waals surface area (Å²) in [5, 5.41) is 14.0. The monoisotopic (exact) mass is 368 g/mol. The van der Waals surface area contributed by atoms with Crippen molar-refractivity contribution in [2.24, 2.45) is 5.10 Å². The zero-order chi connectivity index (χ0) is 13.9. The highest BCUT2D eigenvalue weighted by molar-refractivity contribution is 8.93. The van der Waals surface area contributed by atoms with Crippen molar-refractivity contribution in [1.29, 1.82) is 0 Å². The van der Waals surface area contributed by atoms with Gasteiger partial charge >= 0.3 is 0 Å². The number of hydrogen-bond donors (Lipinski definition) is 0. The molecule has 1 aliphatic heterocycles. The molecule has 1 aromatic heterocycles. The molecule has 0 aliphatic carbocycles. The van der Waals surface area contributed by atoms with Gasteiger partial charge in [-0.05, 0) is 36.2 Å². The summed E-state index contributed by atoms with van der Waals surface area (Å²) in [6.07, 6.45) is 1.93. The molecule has 0 spiro atoms. The molecule has 0 N–H and O–H groups in total. The van der Waals surface area contributed by atoms with Gasteiger partial charge in [0.25, 0.3) is 0 Å². The number of halogens is 1. The number of nitrogens with zero attached hydrogens (tertiary/aromatic N) is 4. The highest BCUT2D eigenvalue weighted by Gasteiger charge is 2.19. The first kappa shape index (κ1) is 16.0. The van der Waals surface area contributed by atoms with E-state index in [-0.39, 0.29) is 17.0 Å². The van der Waals surface area contributed by atoms with Gasteiger partial charge in [-0.1, -0.05) is 18.7 Å². The van der Waals surface area contributed by atoms with Crippen LogP contribution in [0.25, 0.3) is 0 Å². The van der Waals surface area contributed by atoms with Gasteiger partial charge in [0.15, 0.2) is 5.82 Å². The summed E-state index contributed by atoms with van der Waals surface area (Å²) >= 11 is 1.68. The summed E-state index contributed by atoms with van der Waals surface area (Å²) in [7, 11) is 1.67. The average Bonchev–Trinajstić information content (AvgIpc) is 2.90. The molecule has 7 heteroatoms. The SMILES string of the molecule is Br.CCCc1nnc2n1N=C(c1ccc(OC)cc1)CS2. The first-order valence-electron chi connectivity index (χ1n) is 6.61. The molecular formula is C14H17BrN4OS. The Morgan fingerprint density at radius 2 is 2.00 bits per heavy atom. The summed E-state index contributed by atoms with van der Waals surface area (Å²) in [6.45, 7) is 2.13. The molecule has 3 rings (SSSR count). The highest BCUT2D eigenvalue weighted by Crippen LogP contribution is 2.25. The molecule has 0 unspecified atom stereocenters. The molecule has 2 heterocycles. The Bertz CT molecular complexity index is 639. The number of rotatable bonds is 4. The largest absolute Gasteiger partial charge is 0.497 e. The van der Waals surface area contributed by atoms with E-state index in [9.17, 15) is 0 Å². The third-order valence-electron chi connectivity index (χ3n) is 3.13. The molecular weight excluding hydrogens is 352 g/mol. The summed E-state index contributed by atoms with van der Waals surface area (Å²) < 4.78 is 7.05. The molecule has 0 atom stereocenters. The molecule has 0 amide bonds. The number of hydrogen-bond acceptors (Lipinski definition) is 5. The van der Waals surface area contributed by atoms with Crippen LogP contribution >= 0.6 is 28.7 Å². The van der Waals surface area contributed by atoms with E-state index in [1.165, 1.54) is 0 Å². The average molecular weight is 369 g/mol. The maximum absolute atomic E-state index is 5.18. The van der Waals surface area contributed by atoms with Crippen molar-refractivity contribution in [2.75, 3.05) is 12.9 Å². The Balaban J connectivity index is 0.00000161. The Kier molecular flexibility index (Phi) is 5.41. The summed E-state index contributed by atoms with van der Waals surface area (Å²) in [5.74, 6) is 2.60. The van der Waals surface area contributed by atoms with E-state index < -0.39 is 0 Å². The third kappa shape index (κ3) is 3.29. The smallest absolute Gasteiger partial charge is 0.212 e. The second kappa shape index (κ2) is 7.09. The number of methoxy groups -OCH3 is 1. The van der Waals surface area contributed by atoms with Crippen LogP contribution in [0.15, 0.2) is 34.5 Å². The van der Waals surface area contributed by atoms with Gasteiger partial charge in [-0.2, -0.15) is 9.78 Å². The first-order chi connectivity index (χ1) is 9.81. The van der Waals surface area contributed by atoms with Crippen molar-refractivity contribution < 1.29 is 4.74 Å². The second-order valence-electron chi connectivity index (χ2n) is 4.52. The van der Waals surface area contributed by atoms with Crippen LogP contribution in [0.4, 0.5) is 0 Å². The van der Waals surface area contributed by atoms with Crippen LogP contribution in [-0.4, -0.2) is 33.4 Å². The minimum absolute atomic E-state index is 0. The van der Waals surface area contributed by atoms with E-state index in [1.807, 2.05) is 28.9 Å². The van der Waals surface area contributed by atoms with Gasteiger partial charge in [-0.15, -0.1) is 27.2 Å². The molecule has 0 bridgehead atoms. The Labute approximate surface area is 138 Å². The van der Waals surface area contributed by atoms with Gasteiger partial charge < -0.3 is 4.74 Å². The molecule has 2 aromatic rings. The van der Waals surface area contributed by atoms with E-state index in [2.05, 4.69) is 17.1 Å². The van der Waals surface area contributed by atoms with Gasteiger partial charge in [0.1, 0.15) is 5.75 Å². The zero-order valence-corrected chi connectivity index (χ0v) is 14.5. The van der Waals surface area contributed by atoms with E-state index in [4.69, 9.17) is 9.84 Å². The molecule has 1 aromatic carbocycles. The van der Waals surface area contributed by atoms with E-state index >= 15 is 0 Å². The lowest BCUT2D eigenvalue weighted by atomic mass is 10.1. The molecule has 0 saturated heterocycles. The van der Waals surface area contributed by atoms with Gasteiger partial charge in [0.05, 0.1) is 12.8 Å². The minimum Gasteiger partial charge on any atom is -0.497 e. The zero-order valence-electron chi connectivity index (χ0n) is 11.9. The lowest BCUT2D eigenvalue weighted by Crippen LogP contribution is -2.14. The van der Waals surface area contributed by atoms with Crippen LogP contribution in [0.3, 0.4) is 0 Å². The maximum Gasteiger partial charge on any atom is 0.212 e. The number of thioether (sulfide) groups is 1. The van der Waals surface area contributed by atoms with Crippen molar-refractivity contribution in [3.8, 4) is 5.75 Å². The molecule has 0 saturated carbocycles. The fraction of sp³-hybridized carbons (Fsp3) is 0.357. The quantitative estimate of drug-likeness (QED) is 0.831. The Morgan fingerprint density at radius 3 is 2.67 bits per heavy atom. The third-order valence-corrected chi connectivity index (χ3v) is 4.06. The van der Waals surface area contributed by atoms with Crippen LogP contribution in [0.2, 0.25) is 0 Å². The van der Waals surface area contributed by atoms with Crippen LogP contribution in [-0.2, 0) is 6.42 Å². The fourth-order valence-corrected chi connectivity index (χ4v) is 2.93. The number of ether oxygens (including phenoxy) is 1. The number of fused-ring (bicyclic) bond motifs is 1. The first-order valence-corrected chi connectivity index (χ1v) is 7.59. The van der Waals surface area contributed by atoms with Crippen molar-refractivity contribution in [3.63, 3.8) is 0 Å². The highest BCUT2D eigenvalue weighted by atomic mass is 79.9. The predicted octanol–water partition coefficient (Wildman–Crippen LogP) is 3.18. The van der Waals surface area contributed by atoms with E-state index in [0.717, 1.165) is 46.6 Å². The van der Waals surface area contributed by atoms with Crippen LogP contribution in [0.1, 0.15) is 24.7 Å². The van der Waals surface area contributed by atoms with Crippen LogP contribution in [0, 0.1) is 0 Å². The fourth-order valence-electron chi connectivity index (χ4n) is 2.07. The number of aryl methyl sites for hydroxylation is 1. The maximum atomic E-state index is 5.18. The predicted molar refractivity (Wildman–Crippen MR) is 90.0 cm³/mol. The lowest BCUT2D eigenvalue weighted by molar-refractivity contribution is 0.415. The van der Waals surface area contributed by atoms with Crippen LogP contribution in [0.5, 0.6) is 5.75 Å². The van der Waals surface area contributed by atoms with Crippen molar-refractivity contribution in [1.82, 2.24) is 14.9 Å². The normalized spacial score (nSPS) is 13.1. The molecule has 5 nitrogen and oxygen atoms in total. The molecule has 112 valence electrons. The Hall–Kier alpha value is -1.34. The van der Waals surface area contributed by atoms with Crippen LogP contribution < -0.4 is 4.74 Å². The topological polar surface area (TPSA) is 52.3 Å². The Morgan fingerprint density at radius 1 is 1.24 bits per heavy atom. The lowest BCUT2D eigenvalue weighted by Gasteiger charge is -2.14. The minimum atomic E-state index is 0.